The lowest BCUT2D eigenvalue weighted by Crippen LogP contribution is -2.27. The van der Waals surface area contributed by atoms with Crippen LogP contribution < -0.4 is 5.32 Å². The highest BCUT2D eigenvalue weighted by molar-refractivity contribution is 5.85. The van der Waals surface area contributed by atoms with Crippen molar-refractivity contribution in [2.75, 3.05) is 5.32 Å². The van der Waals surface area contributed by atoms with Crippen LogP contribution in [0.25, 0.3) is 11.1 Å². The first kappa shape index (κ1) is 15.6. The van der Waals surface area contributed by atoms with Gasteiger partial charge in [-0.3, -0.25) is 5.32 Å². The lowest BCUT2D eigenvalue weighted by atomic mass is 10.0. The third-order valence-corrected chi connectivity index (χ3v) is 2.88. The molecule has 0 radical (unpaired) electrons. The van der Waals surface area contributed by atoms with E-state index in [1.165, 1.54) is 0 Å². The Kier molecular flexibility index (Phi) is 4.47. The molecule has 2 aromatic carbocycles. The largest absolute Gasteiger partial charge is 0.444 e. The Hall–Kier alpha value is -2.80. The summed E-state index contributed by atoms with van der Waals surface area (Å²) < 4.78 is 5.20. The van der Waals surface area contributed by atoms with E-state index in [1.54, 1.807) is 12.1 Å². The zero-order valence-corrected chi connectivity index (χ0v) is 12.9. The molecule has 2 rings (SSSR count). The maximum absolute atomic E-state index is 11.7. The molecule has 2 aromatic rings. The van der Waals surface area contributed by atoms with Crippen molar-refractivity contribution in [1.82, 2.24) is 0 Å². The third kappa shape index (κ3) is 4.35. The van der Waals surface area contributed by atoms with Crippen molar-refractivity contribution in [2.24, 2.45) is 0 Å². The highest BCUT2D eigenvalue weighted by atomic mass is 16.6. The van der Waals surface area contributed by atoms with Crippen LogP contribution in [0.1, 0.15) is 26.3 Å². The number of carbonyl (C=O) groups is 1. The summed E-state index contributed by atoms with van der Waals surface area (Å²) in [5.74, 6) is 0. The van der Waals surface area contributed by atoms with Crippen LogP contribution in [0, 0.1) is 11.3 Å². The van der Waals surface area contributed by atoms with Gasteiger partial charge in [-0.2, -0.15) is 5.26 Å². The number of hydrogen-bond acceptors (Lipinski definition) is 3. The third-order valence-electron chi connectivity index (χ3n) is 2.88. The quantitative estimate of drug-likeness (QED) is 0.882. The summed E-state index contributed by atoms with van der Waals surface area (Å²) in [6.07, 6.45) is -0.473. The van der Waals surface area contributed by atoms with Crippen LogP contribution in [0.5, 0.6) is 0 Å². The van der Waals surface area contributed by atoms with Crippen molar-refractivity contribution < 1.29 is 9.53 Å². The fourth-order valence-corrected chi connectivity index (χ4v) is 1.90. The molecule has 4 nitrogen and oxygen atoms in total. The van der Waals surface area contributed by atoms with E-state index >= 15 is 0 Å². The van der Waals surface area contributed by atoms with Gasteiger partial charge in [0.25, 0.3) is 0 Å². The van der Waals surface area contributed by atoms with Gasteiger partial charge in [0.2, 0.25) is 0 Å². The van der Waals surface area contributed by atoms with E-state index < -0.39 is 11.7 Å². The molecule has 0 unspecified atom stereocenters. The molecular weight excluding hydrogens is 276 g/mol. The first-order valence-electron chi connectivity index (χ1n) is 6.98. The van der Waals surface area contributed by atoms with Crippen molar-refractivity contribution in [3.63, 3.8) is 0 Å². The van der Waals surface area contributed by atoms with Crippen molar-refractivity contribution in [3.05, 3.63) is 54.1 Å². The molecule has 1 N–H and O–H groups in total. The van der Waals surface area contributed by atoms with Crippen molar-refractivity contribution >= 4 is 11.8 Å². The highest BCUT2D eigenvalue weighted by Gasteiger charge is 2.16. The standard InChI is InChI=1S/C18H18N2O2/c1-18(2,3)22-17(21)20-16-10-8-15(9-11-16)14-6-4-13(12-19)5-7-14/h4-11H,1-3H3,(H,20,21). The highest BCUT2D eigenvalue weighted by Crippen LogP contribution is 2.22. The number of amides is 1. The Balaban J connectivity index is 2.07. The minimum Gasteiger partial charge on any atom is -0.444 e. The molecular formula is C18H18N2O2. The molecule has 0 aliphatic rings. The van der Waals surface area contributed by atoms with Gasteiger partial charge in [-0.25, -0.2) is 4.79 Å². The number of carbonyl (C=O) groups excluding carboxylic acids is 1. The van der Waals surface area contributed by atoms with E-state index in [1.807, 2.05) is 57.2 Å². The van der Waals surface area contributed by atoms with Crippen molar-refractivity contribution in [3.8, 4) is 17.2 Å². The van der Waals surface area contributed by atoms with Gasteiger partial charge < -0.3 is 4.74 Å². The van der Waals surface area contributed by atoms with Crippen LogP contribution >= 0.6 is 0 Å². The van der Waals surface area contributed by atoms with Crippen LogP contribution in [0.4, 0.5) is 10.5 Å². The molecule has 0 aliphatic heterocycles. The average Bonchev–Trinajstić information content (AvgIpc) is 2.46. The van der Waals surface area contributed by atoms with Gasteiger partial charge in [0.05, 0.1) is 11.6 Å². The number of nitrogens with zero attached hydrogens (tertiary/aromatic N) is 1. The second-order valence-corrected chi connectivity index (χ2v) is 5.89. The van der Waals surface area contributed by atoms with Crippen molar-refractivity contribution in [2.45, 2.75) is 26.4 Å². The van der Waals surface area contributed by atoms with Crippen LogP contribution in [-0.2, 0) is 4.74 Å². The molecule has 0 fully saturated rings. The zero-order valence-electron chi connectivity index (χ0n) is 12.9. The van der Waals surface area contributed by atoms with Gasteiger partial charge in [0, 0.05) is 5.69 Å². The molecule has 0 atom stereocenters. The van der Waals surface area contributed by atoms with E-state index in [0.717, 1.165) is 11.1 Å². The molecule has 0 aliphatic carbocycles. The summed E-state index contributed by atoms with van der Waals surface area (Å²) in [5.41, 5.74) is 2.81. The van der Waals surface area contributed by atoms with Gasteiger partial charge in [-0.05, 0) is 56.2 Å². The molecule has 22 heavy (non-hydrogen) atoms. The lowest BCUT2D eigenvalue weighted by Gasteiger charge is -2.19. The number of nitrogens with one attached hydrogen (secondary N) is 1. The predicted octanol–water partition coefficient (Wildman–Crippen LogP) is 4.57. The summed E-state index contributed by atoms with van der Waals surface area (Å²) in [6.45, 7) is 5.46. The van der Waals surface area contributed by atoms with Crippen LogP contribution in [-0.4, -0.2) is 11.7 Å². The van der Waals surface area contributed by atoms with Crippen LogP contribution in [0.15, 0.2) is 48.5 Å². The number of ether oxygens (including phenoxy) is 1. The average molecular weight is 294 g/mol. The Morgan fingerprint density at radius 2 is 1.50 bits per heavy atom. The topological polar surface area (TPSA) is 62.1 Å². The minimum absolute atomic E-state index is 0.473. The number of benzene rings is 2. The van der Waals surface area contributed by atoms with Gasteiger partial charge >= 0.3 is 6.09 Å². The van der Waals surface area contributed by atoms with Gasteiger partial charge in [-0.1, -0.05) is 24.3 Å². The lowest BCUT2D eigenvalue weighted by molar-refractivity contribution is 0.0636. The molecule has 0 heterocycles. The Morgan fingerprint density at radius 3 is 1.95 bits per heavy atom. The normalized spacial score (nSPS) is 10.6. The minimum atomic E-state index is -0.521. The number of hydrogen-bond donors (Lipinski definition) is 1. The van der Waals surface area contributed by atoms with E-state index in [2.05, 4.69) is 11.4 Å². The Labute approximate surface area is 130 Å². The summed E-state index contributed by atoms with van der Waals surface area (Å²) in [6, 6.07) is 16.9. The smallest absolute Gasteiger partial charge is 0.412 e. The Morgan fingerprint density at radius 1 is 1.00 bits per heavy atom. The zero-order chi connectivity index (χ0) is 16.2. The number of nitriles is 1. The van der Waals surface area contributed by atoms with Crippen LogP contribution in [0.2, 0.25) is 0 Å². The maximum atomic E-state index is 11.7. The molecule has 112 valence electrons. The van der Waals surface area contributed by atoms with E-state index in [-0.39, 0.29) is 0 Å². The monoisotopic (exact) mass is 294 g/mol. The maximum Gasteiger partial charge on any atom is 0.412 e. The second-order valence-electron chi connectivity index (χ2n) is 5.89. The number of rotatable bonds is 2. The Bertz CT molecular complexity index is 690. The molecule has 0 aromatic heterocycles. The fourth-order valence-electron chi connectivity index (χ4n) is 1.90. The molecule has 0 bridgehead atoms. The van der Waals surface area contributed by atoms with Gasteiger partial charge in [-0.15, -0.1) is 0 Å². The summed E-state index contributed by atoms with van der Waals surface area (Å²) in [5, 5.41) is 11.5. The van der Waals surface area contributed by atoms with E-state index in [0.29, 0.717) is 11.3 Å². The van der Waals surface area contributed by atoms with Gasteiger partial charge in [0.15, 0.2) is 0 Å². The van der Waals surface area contributed by atoms with Crippen LogP contribution in [0.3, 0.4) is 0 Å². The predicted molar refractivity (Wildman–Crippen MR) is 86.4 cm³/mol. The van der Waals surface area contributed by atoms with E-state index in [9.17, 15) is 4.79 Å². The van der Waals surface area contributed by atoms with Gasteiger partial charge in [0.1, 0.15) is 5.60 Å². The molecule has 4 heteroatoms. The first-order chi connectivity index (χ1) is 10.4. The molecule has 0 saturated carbocycles. The molecule has 0 saturated heterocycles. The first-order valence-corrected chi connectivity index (χ1v) is 6.98. The summed E-state index contributed by atoms with van der Waals surface area (Å²) >= 11 is 0. The van der Waals surface area contributed by atoms with Crippen molar-refractivity contribution in [1.29, 1.82) is 5.26 Å². The fraction of sp³-hybridized carbons (Fsp3) is 0.222. The molecule has 1 amide bonds. The van der Waals surface area contributed by atoms with E-state index in [4.69, 9.17) is 10.00 Å². The SMILES string of the molecule is CC(C)(C)OC(=O)Nc1ccc(-c2ccc(C#N)cc2)cc1. The number of anilines is 1. The summed E-state index contributed by atoms with van der Waals surface area (Å²) in [7, 11) is 0. The molecule has 0 spiro atoms. The summed E-state index contributed by atoms with van der Waals surface area (Å²) in [4.78, 5) is 11.7. The second kappa shape index (κ2) is 6.31.